The molecule has 0 radical (unpaired) electrons. The molecule has 106 valence electrons. The molecule has 0 aliphatic carbocycles. The first-order valence-corrected chi connectivity index (χ1v) is 6.59. The van der Waals surface area contributed by atoms with Gasteiger partial charge in [0.1, 0.15) is 0 Å². The molecule has 1 aromatic heterocycles. The topological polar surface area (TPSA) is 92.4 Å². The third kappa shape index (κ3) is 4.73. The minimum absolute atomic E-state index is 0.00926. The van der Waals surface area contributed by atoms with E-state index in [9.17, 15) is 9.59 Å². The van der Waals surface area contributed by atoms with Crippen LogP contribution >= 0.6 is 0 Å². The van der Waals surface area contributed by atoms with E-state index in [1.165, 1.54) is 0 Å². The van der Waals surface area contributed by atoms with Crippen LogP contribution in [0, 0.1) is 0 Å². The zero-order chi connectivity index (χ0) is 14.3. The molecule has 2 N–H and O–H groups in total. The van der Waals surface area contributed by atoms with Crippen molar-refractivity contribution in [3.8, 4) is 0 Å². The van der Waals surface area contributed by atoms with Gasteiger partial charge < -0.3 is 14.9 Å². The summed E-state index contributed by atoms with van der Waals surface area (Å²) in [6.45, 7) is 4.16. The van der Waals surface area contributed by atoms with E-state index in [4.69, 9.17) is 5.11 Å². The van der Waals surface area contributed by atoms with Gasteiger partial charge in [-0.15, -0.1) is 0 Å². The summed E-state index contributed by atoms with van der Waals surface area (Å²) in [6, 6.07) is 1.24. The second-order valence-corrected chi connectivity index (χ2v) is 4.48. The van der Waals surface area contributed by atoms with Gasteiger partial charge in [-0.25, -0.2) is 4.79 Å². The van der Waals surface area contributed by atoms with Crippen LogP contribution in [0.2, 0.25) is 0 Å². The molecular weight excluding hydrogens is 248 g/mol. The maximum Gasteiger partial charge on any atom is 0.374 e. The average Bonchev–Trinajstić information content (AvgIpc) is 2.86. The Bertz CT molecular complexity index is 428. The highest BCUT2D eigenvalue weighted by Crippen LogP contribution is 2.09. The lowest BCUT2D eigenvalue weighted by Crippen LogP contribution is -2.34. The molecule has 1 aromatic rings. The van der Waals surface area contributed by atoms with Gasteiger partial charge in [-0.1, -0.05) is 38.3 Å². The van der Waals surface area contributed by atoms with E-state index in [0.717, 1.165) is 38.2 Å². The smallest absolute Gasteiger partial charge is 0.374 e. The van der Waals surface area contributed by atoms with E-state index in [1.807, 2.05) is 0 Å². The van der Waals surface area contributed by atoms with Crippen molar-refractivity contribution >= 4 is 11.9 Å². The van der Waals surface area contributed by atoms with Crippen LogP contribution in [-0.2, 0) is 0 Å². The van der Waals surface area contributed by atoms with Crippen LogP contribution in [0.5, 0.6) is 0 Å². The summed E-state index contributed by atoms with van der Waals surface area (Å²) in [5.74, 6) is -1.95. The molecule has 1 amide bonds. The summed E-state index contributed by atoms with van der Waals surface area (Å²) in [5.41, 5.74) is 0.00926. The molecule has 1 unspecified atom stereocenters. The molecule has 6 heteroatoms. The van der Waals surface area contributed by atoms with Gasteiger partial charge in [0.25, 0.3) is 5.91 Å². The third-order valence-corrected chi connectivity index (χ3v) is 2.83. The Morgan fingerprint density at radius 3 is 2.63 bits per heavy atom. The molecule has 0 spiro atoms. The van der Waals surface area contributed by atoms with Crippen molar-refractivity contribution in [3.05, 3.63) is 17.5 Å². The lowest BCUT2D eigenvalue weighted by atomic mass is 10.1. The zero-order valence-electron chi connectivity index (χ0n) is 11.3. The maximum atomic E-state index is 11.9. The number of nitrogens with one attached hydrogen (secondary N) is 1. The zero-order valence-corrected chi connectivity index (χ0v) is 11.3. The number of aromatic nitrogens is 1. The Morgan fingerprint density at radius 2 is 2.11 bits per heavy atom. The Labute approximate surface area is 112 Å². The van der Waals surface area contributed by atoms with Gasteiger partial charge >= 0.3 is 5.97 Å². The summed E-state index contributed by atoms with van der Waals surface area (Å²) in [4.78, 5) is 22.5. The predicted molar refractivity (Wildman–Crippen MR) is 69.1 cm³/mol. The number of carboxylic acid groups (broad SMARTS) is 1. The van der Waals surface area contributed by atoms with E-state index >= 15 is 0 Å². The molecule has 0 bridgehead atoms. The SMILES string of the molecule is CCCCC(CCC)NC(=O)c1cc(C(=O)O)on1. The number of unbranched alkanes of at least 4 members (excludes halogenated alkanes) is 1. The van der Waals surface area contributed by atoms with Gasteiger partial charge in [-0.05, 0) is 12.8 Å². The third-order valence-electron chi connectivity index (χ3n) is 2.83. The summed E-state index contributed by atoms with van der Waals surface area (Å²) in [5, 5.41) is 15.0. The monoisotopic (exact) mass is 268 g/mol. The number of rotatable bonds is 8. The van der Waals surface area contributed by atoms with Crippen LogP contribution in [0.4, 0.5) is 0 Å². The molecule has 0 saturated carbocycles. The number of carboxylic acids is 1. The van der Waals surface area contributed by atoms with Gasteiger partial charge in [0.05, 0.1) is 0 Å². The number of hydrogen-bond acceptors (Lipinski definition) is 4. The van der Waals surface area contributed by atoms with Gasteiger partial charge in [-0.3, -0.25) is 4.79 Å². The largest absolute Gasteiger partial charge is 0.475 e. The van der Waals surface area contributed by atoms with Crippen LogP contribution < -0.4 is 5.32 Å². The van der Waals surface area contributed by atoms with Crippen LogP contribution in [0.15, 0.2) is 10.6 Å². The highest BCUT2D eigenvalue weighted by atomic mass is 16.5. The number of nitrogens with zero attached hydrogens (tertiary/aromatic N) is 1. The molecule has 0 aliphatic heterocycles. The molecule has 1 heterocycles. The highest BCUT2D eigenvalue weighted by molar-refractivity contribution is 5.94. The number of carbonyl (C=O) groups excluding carboxylic acids is 1. The summed E-state index contributed by atoms with van der Waals surface area (Å²) in [6.07, 6.45) is 4.91. The quantitative estimate of drug-likeness (QED) is 0.755. The number of aromatic carboxylic acids is 1. The molecule has 0 aliphatic rings. The second-order valence-electron chi connectivity index (χ2n) is 4.48. The van der Waals surface area contributed by atoms with Crippen molar-refractivity contribution in [2.24, 2.45) is 0 Å². The molecule has 19 heavy (non-hydrogen) atoms. The molecule has 0 aromatic carbocycles. The summed E-state index contributed by atoms with van der Waals surface area (Å²) in [7, 11) is 0. The Morgan fingerprint density at radius 1 is 1.37 bits per heavy atom. The van der Waals surface area contributed by atoms with Crippen LogP contribution in [0.25, 0.3) is 0 Å². The first-order valence-electron chi connectivity index (χ1n) is 6.59. The van der Waals surface area contributed by atoms with E-state index in [1.54, 1.807) is 0 Å². The second kappa shape index (κ2) is 7.56. The lowest BCUT2D eigenvalue weighted by molar-refractivity contribution is 0.0651. The molecule has 0 saturated heterocycles. The predicted octanol–water partition coefficient (Wildman–Crippen LogP) is 2.46. The van der Waals surface area contributed by atoms with E-state index in [2.05, 4.69) is 28.8 Å². The van der Waals surface area contributed by atoms with E-state index in [0.29, 0.717) is 0 Å². The van der Waals surface area contributed by atoms with E-state index < -0.39 is 5.97 Å². The van der Waals surface area contributed by atoms with Crippen molar-refractivity contribution in [2.75, 3.05) is 0 Å². The normalized spacial score (nSPS) is 12.1. The summed E-state index contributed by atoms with van der Waals surface area (Å²) >= 11 is 0. The molecule has 0 fully saturated rings. The highest BCUT2D eigenvalue weighted by Gasteiger charge is 2.19. The van der Waals surface area contributed by atoms with Gasteiger partial charge in [-0.2, -0.15) is 0 Å². The number of amides is 1. The Kier molecular flexibility index (Phi) is 6.05. The minimum atomic E-state index is -1.23. The van der Waals surface area contributed by atoms with Crippen molar-refractivity contribution in [2.45, 2.75) is 52.0 Å². The van der Waals surface area contributed by atoms with Crippen LogP contribution in [0.3, 0.4) is 0 Å². The minimum Gasteiger partial charge on any atom is -0.475 e. The van der Waals surface area contributed by atoms with Crippen molar-refractivity contribution in [3.63, 3.8) is 0 Å². The Balaban J connectivity index is 2.61. The fraction of sp³-hybridized carbons (Fsp3) is 0.615. The van der Waals surface area contributed by atoms with Crippen molar-refractivity contribution in [1.29, 1.82) is 0 Å². The Hall–Kier alpha value is -1.85. The number of carbonyl (C=O) groups is 2. The average molecular weight is 268 g/mol. The van der Waals surface area contributed by atoms with E-state index in [-0.39, 0.29) is 23.4 Å². The fourth-order valence-electron chi connectivity index (χ4n) is 1.83. The molecule has 1 rings (SSSR count). The van der Waals surface area contributed by atoms with Gasteiger partial charge in [0, 0.05) is 12.1 Å². The molecule has 1 atom stereocenters. The summed E-state index contributed by atoms with van der Waals surface area (Å²) < 4.78 is 4.56. The fourth-order valence-corrected chi connectivity index (χ4v) is 1.83. The first-order chi connectivity index (χ1) is 9.08. The van der Waals surface area contributed by atoms with Crippen molar-refractivity contribution < 1.29 is 19.2 Å². The first kappa shape index (κ1) is 15.2. The van der Waals surface area contributed by atoms with Gasteiger partial charge in [0.2, 0.25) is 5.76 Å². The van der Waals surface area contributed by atoms with Crippen LogP contribution in [-0.4, -0.2) is 28.2 Å². The molecular formula is C13H20N2O4. The van der Waals surface area contributed by atoms with Crippen LogP contribution in [0.1, 0.15) is 67.0 Å². The maximum absolute atomic E-state index is 11.9. The van der Waals surface area contributed by atoms with Crippen molar-refractivity contribution in [1.82, 2.24) is 10.5 Å². The molecule has 6 nitrogen and oxygen atoms in total. The standard InChI is InChI=1S/C13H20N2O4/c1-3-5-7-9(6-4-2)14-12(16)10-8-11(13(17)18)19-15-10/h8-9H,3-7H2,1-2H3,(H,14,16)(H,17,18). The lowest BCUT2D eigenvalue weighted by Gasteiger charge is -2.16. The van der Waals surface area contributed by atoms with Gasteiger partial charge in [0.15, 0.2) is 5.69 Å². The number of hydrogen-bond donors (Lipinski definition) is 2.